The molecule has 2 unspecified atom stereocenters. The van der Waals surface area contributed by atoms with Gasteiger partial charge < -0.3 is 19.9 Å². The summed E-state index contributed by atoms with van der Waals surface area (Å²) in [5.74, 6) is 1.77. The third-order valence-corrected chi connectivity index (χ3v) is 5.14. The number of methoxy groups -OCH3 is 1. The maximum Gasteiger partial charge on any atom is 0.318 e. The highest BCUT2D eigenvalue weighted by Crippen LogP contribution is 2.34. The number of carbonyl (C=O) groups excluding carboxylic acids is 1. The van der Waals surface area contributed by atoms with E-state index < -0.39 is 0 Å². The van der Waals surface area contributed by atoms with Crippen LogP contribution in [-0.2, 0) is 6.54 Å². The summed E-state index contributed by atoms with van der Waals surface area (Å²) in [7, 11) is 1.64. The highest BCUT2D eigenvalue weighted by Gasteiger charge is 2.47. The summed E-state index contributed by atoms with van der Waals surface area (Å²) in [6, 6.07) is 10.3. The molecule has 2 amide bonds. The van der Waals surface area contributed by atoms with Crippen molar-refractivity contribution in [3.05, 3.63) is 47.9 Å². The number of carbonyl (C=O) groups is 1. The van der Waals surface area contributed by atoms with E-state index in [9.17, 15) is 4.79 Å². The van der Waals surface area contributed by atoms with Crippen LogP contribution < -0.4 is 15.0 Å². The van der Waals surface area contributed by atoms with Crippen LogP contribution in [0.5, 0.6) is 5.75 Å². The first kappa shape index (κ1) is 16.6. The van der Waals surface area contributed by atoms with E-state index in [-0.39, 0.29) is 18.1 Å². The SMILES string of the molecule is COc1ccc(CNC(=O)N2C3CC2CN(c2cc(C)ncn2)C3)cc1. The smallest absolute Gasteiger partial charge is 0.318 e. The van der Waals surface area contributed by atoms with Gasteiger partial charge in [0, 0.05) is 31.4 Å². The summed E-state index contributed by atoms with van der Waals surface area (Å²) >= 11 is 0. The Hall–Kier alpha value is -2.83. The lowest BCUT2D eigenvalue weighted by Crippen LogP contribution is -2.71. The van der Waals surface area contributed by atoms with Gasteiger partial charge in [0.1, 0.15) is 17.9 Å². The molecule has 0 aliphatic carbocycles. The van der Waals surface area contributed by atoms with Crippen LogP contribution in [-0.4, -0.2) is 53.2 Å². The Morgan fingerprint density at radius 1 is 1.23 bits per heavy atom. The topological polar surface area (TPSA) is 70.6 Å². The van der Waals surface area contributed by atoms with Crippen LogP contribution in [0.3, 0.4) is 0 Å². The lowest BCUT2D eigenvalue weighted by molar-refractivity contribution is 0.0365. The molecule has 0 radical (unpaired) electrons. The number of benzene rings is 1. The van der Waals surface area contributed by atoms with Gasteiger partial charge in [-0.2, -0.15) is 0 Å². The fourth-order valence-electron chi connectivity index (χ4n) is 3.75. The van der Waals surface area contributed by atoms with Crippen molar-refractivity contribution in [3.63, 3.8) is 0 Å². The second kappa shape index (κ2) is 6.82. The summed E-state index contributed by atoms with van der Waals surface area (Å²) in [5, 5.41) is 3.03. The van der Waals surface area contributed by atoms with Gasteiger partial charge in [-0.15, -0.1) is 0 Å². The highest BCUT2D eigenvalue weighted by atomic mass is 16.5. The van der Waals surface area contributed by atoms with E-state index in [0.717, 1.165) is 42.3 Å². The number of fused-ring (bicyclic) bond motifs is 2. The molecule has 4 heterocycles. The Morgan fingerprint density at radius 3 is 2.62 bits per heavy atom. The van der Waals surface area contributed by atoms with E-state index in [0.29, 0.717) is 6.54 Å². The molecule has 2 atom stereocenters. The largest absolute Gasteiger partial charge is 0.497 e. The monoisotopic (exact) mass is 353 g/mol. The molecule has 0 saturated carbocycles. The third kappa shape index (κ3) is 3.16. The standard InChI is InChI=1S/C19H23N5O2/c1-13-7-18(22-12-21-13)23-10-15-8-16(11-23)24(15)19(25)20-9-14-3-5-17(26-2)6-4-14/h3-7,12,15-16H,8-11H2,1-2H3,(H,20,25). The van der Waals surface area contributed by atoms with Crippen molar-refractivity contribution in [3.8, 4) is 5.75 Å². The van der Waals surface area contributed by atoms with Gasteiger partial charge in [-0.25, -0.2) is 14.8 Å². The van der Waals surface area contributed by atoms with Crippen molar-refractivity contribution >= 4 is 11.8 Å². The molecular weight excluding hydrogens is 330 g/mol. The van der Waals surface area contributed by atoms with E-state index >= 15 is 0 Å². The van der Waals surface area contributed by atoms with Crippen molar-refractivity contribution in [1.82, 2.24) is 20.2 Å². The zero-order valence-electron chi connectivity index (χ0n) is 15.1. The number of rotatable bonds is 4. The first-order valence-electron chi connectivity index (χ1n) is 8.86. The Bertz CT molecular complexity index is 783. The maximum atomic E-state index is 12.6. The van der Waals surface area contributed by atoms with Crippen LogP contribution in [0.1, 0.15) is 17.7 Å². The first-order chi connectivity index (χ1) is 12.6. The molecule has 3 fully saturated rings. The molecule has 1 aromatic heterocycles. The minimum absolute atomic E-state index is 0.0144. The summed E-state index contributed by atoms with van der Waals surface area (Å²) in [4.78, 5) is 25.3. The molecule has 3 saturated heterocycles. The highest BCUT2D eigenvalue weighted by molar-refractivity contribution is 5.76. The molecule has 1 aromatic carbocycles. The van der Waals surface area contributed by atoms with Gasteiger partial charge in [0.15, 0.2) is 0 Å². The Morgan fingerprint density at radius 2 is 1.96 bits per heavy atom. The second-order valence-corrected chi connectivity index (χ2v) is 6.88. The molecule has 2 aromatic rings. The van der Waals surface area contributed by atoms with Crippen LogP contribution in [0.4, 0.5) is 10.6 Å². The van der Waals surface area contributed by atoms with E-state index in [4.69, 9.17) is 4.74 Å². The molecule has 1 N–H and O–H groups in total. The zero-order valence-corrected chi connectivity index (χ0v) is 15.1. The van der Waals surface area contributed by atoms with E-state index in [1.165, 1.54) is 0 Å². The summed E-state index contributed by atoms with van der Waals surface area (Å²) < 4.78 is 5.15. The van der Waals surface area contributed by atoms with Crippen molar-refractivity contribution in [2.45, 2.75) is 32.0 Å². The third-order valence-electron chi connectivity index (χ3n) is 5.14. The normalized spacial score (nSPS) is 21.2. The van der Waals surface area contributed by atoms with Gasteiger partial charge in [-0.3, -0.25) is 0 Å². The number of hydrogen-bond donors (Lipinski definition) is 1. The molecule has 5 rings (SSSR count). The molecule has 26 heavy (non-hydrogen) atoms. The first-order valence-corrected chi connectivity index (χ1v) is 8.86. The number of piperazine rings is 1. The number of amides is 2. The lowest BCUT2D eigenvalue weighted by atomic mass is 9.88. The summed E-state index contributed by atoms with van der Waals surface area (Å²) in [6.07, 6.45) is 2.67. The number of aryl methyl sites for hydroxylation is 1. The minimum Gasteiger partial charge on any atom is -0.497 e. The van der Waals surface area contributed by atoms with Gasteiger partial charge in [-0.1, -0.05) is 12.1 Å². The predicted octanol–water partition coefficient (Wildman–Crippen LogP) is 1.97. The van der Waals surface area contributed by atoms with Crippen LogP contribution in [0.2, 0.25) is 0 Å². The van der Waals surface area contributed by atoms with Crippen molar-refractivity contribution in [2.24, 2.45) is 0 Å². The van der Waals surface area contributed by atoms with Crippen LogP contribution in [0, 0.1) is 6.92 Å². The number of hydrogen-bond acceptors (Lipinski definition) is 5. The number of aromatic nitrogens is 2. The predicted molar refractivity (Wildman–Crippen MR) is 98.2 cm³/mol. The lowest BCUT2D eigenvalue weighted by Gasteiger charge is -2.56. The van der Waals surface area contributed by atoms with Crippen LogP contribution >= 0.6 is 0 Å². The van der Waals surface area contributed by atoms with Crippen molar-refractivity contribution < 1.29 is 9.53 Å². The Labute approximate surface area is 153 Å². The molecule has 7 heteroatoms. The van der Waals surface area contributed by atoms with Gasteiger partial charge in [0.25, 0.3) is 0 Å². The van der Waals surface area contributed by atoms with Gasteiger partial charge >= 0.3 is 6.03 Å². The number of nitrogens with zero attached hydrogens (tertiary/aromatic N) is 4. The second-order valence-electron chi connectivity index (χ2n) is 6.88. The number of anilines is 1. The maximum absolute atomic E-state index is 12.6. The summed E-state index contributed by atoms with van der Waals surface area (Å²) in [5.41, 5.74) is 2.02. The van der Waals surface area contributed by atoms with Crippen LogP contribution in [0.25, 0.3) is 0 Å². The Balaban J connectivity index is 1.33. The van der Waals surface area contributed by atoms with E-state index in [1.54, 1.807) is 13.4 Å². The Kier molecular flexibility index (Phi) is 4.36. The van der Waals surface area contributed by atoms with E-state index in [2.05, 4.69) is 20.2 Å². The number of urea groups is 1. The number of ether oxygens (including phenoxy) is 1. The van der Waals surface area contributed by atoms with Gasteiger partial charge in [0.2, 0.25) is 0 Å². The zero-order chi connectivity index (χ0) is 18.1. The fraction of sp³-hybridized carbons (Fsp3) is 0.421. The quantitative estimate of drug-likeness (QED) is 0.910. The molecule has 3 aliphatic heterocycles. The molecule has 2 bridgehead atoms. The van der Waals surface area contributed by atoms with Gasteiger partial charge in [-0.05, 0) is 31.0 Å². The molecule has 3 aliphatic rings. The molecule has 0 spiro atoms. The van der Waals surface area contributed by atoms with Crippen molar-refractivity contribution in [1.29, 1.82) is 0 Å². The molecule has 7 nitrogen and oxygen atoms in total. The number of nitrogens with one attached hydrogen (secondary N) is 1. The van der Waals surface area contributed by atoms with Crippen LogP contribution in [0.15, 0.2) is 36.7 Å². The van der Waals surface area contributed by atoms with Gasteiger partial charge in [0.05, 0.1) is 19.2 Å². The average molecular weight is 353 g/mol. The fourth-order valence-corrected chi connectivity index (χ4v) is 3.75. The average Bonchev–Trinajstić information content (AvgIpc) is 2.67. The van der Waals surface area contributed by atoms with E-state index in [1.807, 2.05) is 42.2 Å². The molecular formula is C19H23N5O2. The van der Waals surface area contributed by atoms with Crippen molar-refractivity contribution in [2.75, 3.05) is 25.1 Å². The summed E-state index contributed by atoms with van der Waals surface area (Å²) in [6.45, 7) is 4.13. The molecule has 136 valence electrons. The minimum atomic E-state index is 0.0144. The number of piperidine rings is 1.